The van der Waals surface area contributed by atoms with Crippen LogP contribution >= 0.6 is 0 Å². The lowest BCUT2D eigenvalue weighted by atomic mass is 9.47. The summed E-state index contributed by atoms with van der Waals surface area (Å²) in [6, 6.07) is 0. The van der Waals surface area contributed by atoms with Crippen LogP contribution in [0.25, 0.3) is 0 Å². The van der Waals surface area contributed by atoms with Crippen LogP contribution in [0.3, 0.4) is 0 Å². The van der Waals surface area contributed by atoms with Crippen LogP contribution in [0.1, 0.15) is 92.4 Å². The van der Waals surface area contributed by atoms with Crippen molar-refractivity contribution < 1.29 is 79.1 Å². The van der Waals surface area contributed by atoms with Crippen molar-refractivity contribution in [1.82, 2.24) is 5.32 Å². The first-order chi connectivity index (χ1) is 29.4. The number of piperidine rings is 1. The van der Waals surface area contributed by atoms with Gasteiger partial charge in [-0.25, -0.2) is 0 Å². The smallest absolute Gasteiger partial charge is 0.187 e. The van der Waals surface area contributed by atoms with Crippen LogP contribution in [0.5, 0.6) is 0 Å². The molecule has 0 aromatic rings. The Morgan fingerprint density at radius 2 is 1.37 bits per heavy atom. The molecular weight excluding hydrogens is 810 g/mol. The van der Waals surface area contributed by atoms with Crippen molar-refractivity contribution in [2.75, 3.05) is 19.8 Å². The minimum Gasteiger partial charge on any atom is -0.394 e. The standard InChI is InChI=1S/C45H73NO16/c1-19-8-13-45(46-16-19)20(2)30-27(62-45)15-26-24-7-6-22-14-23(9-11-43(22,4)25(24)10-12-44(26,30)5)57-42-39(61-40-35(53)33(51)31(49)21(3)56-40)37(55)38(29(18-48)59-42)60-41-36(54)34(52)32(50)28(17-47)58-41/h6,19-21,23-42,46-55H,7-18H2,1-5H3/t19-,20+,21+,23+,24-,25+,26+,27+,28-,29-,30+,31+,32-,33-,34+,35-,36-,37+,38-,39-,40+,41+,42-,43+,44+,45-/m1/s1. The molecule has 4 aliphatic carbocycles. The second-order valence-electron chi connectivity index (χ2n) is 21.2. The van der Waals surface area contributed by atoms with Crippen molar-refractivity contribution in [3.05, 3.63) is 11.6 Å². The molecule has 8 fully saturated rings. The van der Waals surface area contributed by atoms with E-state index in [1.165, 1.54) is 25.3 Å². The maximum Gasteiger partial charge on any atom is 0.187 e. The second-order valence-corrected chi connectivity index (χ2v) is 21.2. The SMILES string of the molecule is C[C@@H]1CC[C@@]2(NC1)O[C@H]1C[C@H]3[C@@H]4CC=C5C[C@@H](O[C@@H]6O[C@H](CO)[C@@H](O[C@@H]7O[C@H](CO)[C@@H](O)[C@H](O)[C@H]7O)[C@H](O)[C@H]6O[C@@H]6O[C@@H](C)[C@H](O)[C@@H](O)[C@H]6O)CC[C@]5(C)[C@H]4CC[C@]3(C)[C@H]1[C@@H]2C. The van der Waals surface area contributed by atoms with Gasteiger partial charge < -0.3 is 79.1 Å². The maximum absolute atomic E-state index is 12.0. The number of rotatable bonds is 8. The van der Waals surface area contributed by atoms with E-state index in [9.17, 15) is 46.0 Å². The molecule has 0 radical (unpaired) electrons. The highest BCUT2D eigenvalue weighted by Gasteiger charge is 2.68. The molecule has 0 bridgehead atoms. The van der Waals surface area contributed by atoms with E-state index in [1.807, 2.05) is 0 Å². The molecule has 3 saturated carbocycles. The monoisotopic (exact) mass is 883 g/mol. The van der Waals surface area contributed by atoms with Gasteiger partial charge in [0.15, 0.2) is 18.9 Å². The van der Waals surface area contributed by atoms with Gasteiger partial charge in [-0.1, -0.05) is 39.3 Å². The minimum atomic E-state index is -1.81. The normalized spacial score (nSPS) is 57.6. The van der Waals surface area contributed by atoms with Gasteiger partial charge in [0.05, 0.1) is 31.5 Å². The molecule has 1 spiro atoms. The van der Waals surface area contributed by atoms with Gasteiger partial charge in [0.1, 0.15) is 72.9 Å². The zero-order valence-corrected chi connectivity index (χ0v) is 36.7. The minimum absolute atomic E-state index is 0.0233. The van der Waals surface area contributed by atoms with E-state index in [1.54, 1.807) is 0 Å². The number of allylic oxidation sites excluding steroid dienone is 1. The average Bonchev–Trinajstić information content (AvgIpc) is 3.70. The van der Waals surface area contributed by atoms with Crippen molar-refractivity contribution in [3.63, 3.8) is 0 Å². The first-order valence-corrected chi connectivity index (χ1v) is 23.5. The molecule has 17 heteroatoms. The van der Waals surface area contributed by atoms with Crippen molar-refractivity contribution in [1.29, 1.82) is 0 Å². The summed E-state index contributed by atoms with van der Waals surface area (Å²) in [5.74, 6) is 3.36. The Labute approximate surface area is 364 Å². The van der Waals surface area contributed by atoms with Crippen LogP contribution in [0.2, 0.25) is 0 Å². The number of fused-ring (bicyclic) bond motifs is 7. The van der Waals surface area contributed by atoms with Gasteiger partial charge in [-0.05, 0) is 105 Å². The summed E-state index contributed by atoms with van der Waals surface area (Å²) in [6.07, 6.45) is -11.6. The Morgan fingerprint density at radius 3 is 2.06 bits per heavy atom. The number of hydrogen-bond acceptors (Lipinski definition) is 17. The number of aliphatic hydroxyl groups excluding tert-OH is 9. The summed E-state index contributed by atoms with van der Waals surface area (Å²) in [6.45, 7) is 10.9. The molecule has 354 valence electrons. The van der Waals surface area contributed by atoms with E-state index in [-0.39, 0.29) is 28.8 Å². The van der Waals surface area contributed by atoms with Crippen LogP contribution < -0.4 is 5.32 Å². The van der Waals surface area contributed by atoms with Crippen LogP contribution in [0.15, 0.2) is 11.6 Å². The quantitative estimate of drug-likeness (QED) is 0.142. The topological polar surface area (TPSA) is 259 Å². The summed E-state index contributed by atoms with van der Waals surface area (Å²) >= 11 is 0. The third-order valence-electron chi connectivity index (χ3n) is 17.9. The van der Waals surface area contributed by atoms with E-state index in [4.69, 9.17) is 33.2 Å². The molecule has 5 saturated heterocycles. The van der Waals surface area contributed by atoms with Gasteiger partial charge >= 0.3 is 0 Å². The number of ether oxygens (including phenoxy) is 7. The highest BCUT2D eigenvalue weighted by Crippen LogP contribution is 2.70. The van der Waals surface area contributed by atoms with Crippen LogP contribution in [-0.2, 0) is 33.2 Å². The zero-order valence-electron chi connectivity index (χ0n) is 36.7. The first kappa shape index (κ1) is 46.2. The molecule has 5 aliphatic heterocycles. The fourth-order valence-electron chi connectivity index (χ4n) is 14.2. The summed E-state index contributed by atoms with van der Waals surface area (Å²) in [5, 5.41) is 99.6. The highest BCUT2D eigenvalue weighted by molar-refractivity contribution is 5.26. The molecule has 9 aliphatic rings. The van der Waals surface area contributed by atoms with Gasteiger partial charge in [-0.15, -0.1) is 0 Å². The van der Waals surface area contributed by atoms with E-state index in [2.05, 4.69) is 39.1 Å². The van der Waals surface area contributed by atoms with Crippen LogP contribution in [0.4, 0.5) is 0 Å². The van der Waals surface area contributed by atoms with Gasteiger partial charge in [0.25, 0.3) is 0 Å². The second kappa shape index (κ2) is 17.3. The number of aliphatic hydroxyl groups is 9. The molecule has 10 N–H and O–H groups in total. The lowest BCUT2D eigenvalue weighted by Gasteiger charge is -2.59. The Bertz CT molecular complexity index is 1610. The maximum atomic E-state index is 12.0. The zero-order chi connectivity index (χ0) is 44.2. The van der Waals surface area contributed by atoms with E-state index in [0.717, 1.165) is 38.6 Å². The summed E-state index contributed by atoms with van der Waals surface area (Å²) in [4.78, 5) is 0. The Kier molecular flexibility index (Phi) is 12.9. The third-order valence-corrected chi connectivity index (χ3v) is 17.9. The van der Waals surface area contributed by atoms with Crippen molar-refractivity contribution in [2.45, 2.75) is 202 Å². The Balaban J connectivity index is 0.917. The number of hydrogen-bond donors (Lipinski definition) is 10. The number of nitrogens with one attached hydrogen (secondary N) is 1. The molecule has 0 unspecified atom stereocenters. The predicted octanol–water partition coefficient (Wildman–Crippen LogP) is -0.213. The first-order valence-electron chi connectivity index (χ1n) is 23.5. The van der Waals surface area contributed by atoms with E-state index >= 15 is 0 Å². The van der Waals surface area contributed by atoms with Crippen LogP contribution in [0, 0.1) is 46.3 Å². The van der Waals surface area contributed by atoms with Gasteiger partial charge in [-0.2, -0.15) is 0 Å². The Hall–Kier alpha value is -0.940. The summed E-state index contributed by atoms with van der Waals surface area (Å²) in [7, 11) is 0. The highest BCUT2D eigenvalue weighted by atomic mass is 16.8. The van der Waals surface area contributed by atoms with Crippen molar-refractivity contribution >= 4 is 0 Å². The van der Waals surface area contributed by atoms with Gasteiger partial charge in [0, 0.05) is 12.5 Å². The molecule has 17 nitrogen and oxygen atoms in total. The molecule has 26 atom stereocenters. The molecule has 62 heavy (non-hydrogen) atoms. The molecular formula is C45H73NO16. The summed E-state index contributed by atoms with van der Waals surface area (Å²) < 4.78 is 43.5. The summed E-state index contributed by atoms with van der Waals surface area (Å²) in [5.41, 5.74) is 1.35. The molecule has 0 amide bonds. The lowest BCUT2D eigenvalue weighted by Crippen LogP contribution is -2.67. The van der Waals surface area contributed by atoms with Gasteiger partial charge in [-0.3, -0.25) is 5.32 Å². The fourth-order valence-corrected chi connectivity index (χ4v) is 14.2. The molecule has 0 aromatic heterocycles. The molecule has 0 aromatic carbocycles. The van der Waals surface area contributed by atoms with Crippen LogP contribution in [-0.4, -0.2) is 176 Å². The van der Waals surface area contributed by atoms with E-state index in [0.29, 0.717) is 48.3 Å². The van der Waals surface area contributed by atoms with Gasteiger partial charge in [0.2, 0.25) is 0 Å². The molecule has 9 rings (SSSR count). The lowest BCUT2D eigenvalue weighted by molar-refractivity contribution is -0.389. The fraction of sp³-hybridized carbons (Fsp3) is 0.956. The van der Waals surface area contributed by atoms with E-state index < -0.39 is 105 Å². The van der Waals surface area contributed by atoms with Crippen molar-refractivity contribution in [2.24, 2.45) is 46.3 Å². The third kappa shape index (κ3) is 7.49. The largest absolute Gasteiger partial charge is 0.394 e. The van der Waals surface area contributed by atoms with Crippen molar-refractivity contribution in [3.8, 4) is 0 Å². The molecule has 5 heterocycles. The Morgan fingerprint density at radius 1 is 0.694 bits per heavy atom. The average molecular weight is 884 g/mol. The predicted molar refractivity (Wildman–Crippen MR) is 216 cm³/mol.